The maximum atomic E-state index is 12.0. The molecule has 0 fully saturated rings. The lowest BCUT2D eigenvalue weighted by atomic mass is 10.3. The minimum Gasteiger partial charge on any atom is -0.493 e. The van der Waals surface area contributed by atoms with Crippen LogP contribution in [0.4, 0.5) is 0 Å². The highest BCUT2D eigenvalue weighted by molar-refractivity contribution is 6.29. The number of hydrogen-bond acceptors (Lipinski definition) is 5. The Hall–Kier alpha value is -2.08. The number of rotatable bonds is 4. The third kappa shape index (κ3) is 2.75. The summed E-state index contributed by atoms with van der Waals surface area (Å²) in [5.74, 6) is 1.57. The number of hydrogen-bond donors (Lipinski definition) is 0. The van der Waals surface area contributed by atoms with Crippen molar-refractivity contribution in [2.24, 2.45) is 0 Å². The van der Waals surface area contributed by atoms with Gasteiger partial charge in [-0.1, -0.05) is 11.6 Å². The Balaban J connectivity index is 2.48. The van der Waals surface area contributed by atoms with Gasteiger partial charge in [-0.05, 0) is 6.92 Å². The van der Waals surface area contributed by atoms with E-state index >= 15 is 0 Å². The van der Waals surface area contributed by atoms with Gasteiger partial charge in [0.05, 0.1) is 20.8 Å². The van der Waals surface area contributed by atoms with E-state index in [2.05, 4.69) is 9.97 Å². The molecule has 7 heteroatoms. The highest BCUT2D eigenvalue weighted by atomic mass is 35.5. The fourth-order valence-electron chi connectivity index (χ4n) is 1.89. The van der Waals surface area contributed by atoms with E-state index in [1.807, 2.05) is 0 Å². The summed E-state index contributed by atoms with van der Waals surface area (Å²) in [5.41, 5.74) is 0.343. The number of nitrogens with zero attached hydrogens (tertiary/aromatic N) is 3. The first-order valence-corrected chi connectivity index (χ1v) is 6.24. The molecule has 2 heterocycles. The van der Waals surface area contributed by atoms with Gasteiger partial charge in [-0.3, -0.25) is 14.3 Å². The fraction of sp³-hybridized carbons (Fsp3) is 0.308. The zero-order valence-corrected chi connectivity index (χ0v) is 12.1. The van der Waals surface area contributed by atoms with Crippen LogP contribution in [-0.4, -0.2) is 28.8 Å². The lowest BCUT2D eigenvalue weighted by Gasteiger charge is -2.13. The maximum absolute atomic E-state index is 12.0. The second-order valence-electron chi connectivity index (χ2n) is 4.04. The van der Waals surface area contributed by atoms with Crippen molar-refractivity contribution in [3.05, 3.63) is 45.4 Å². The average Bonchev–Trinajstić information content (AvgIpc) is 2.42. The van der Waals surface area contributed by atoms with Gasteiger partial charge in [0.2, 0.25) is 0 Å². The lowest BCUT2D eigenvalue weighted by molar-refractivity contribution is 0.348. The monoisotopic (exact) mass is 295 g/mol. The Labute approximate surface area is 121 Å². The van der Waals surface area contributed by atoms with Crippen LogP contribution in [-0.2, 0) is 6.54 Å². The second kappa shape index (κ2) is 5.92. The van der Waals surface area contributed by atoms with Crippen molar-refractivity contribution in [1.29, 1.82) is 0 Å². The van der Waals surface area contributed by atoms with Crippen LogP contribution in [0.15, 0.2) is 23.1 Å². The predicted molar refractivity (Wildman–Crippen MR) is 74.7 cm³/mol. The van der Waals surface area contributed by atoms with Crippen molar-refractivity contribution in [3.63, 3.8) is 0 Å². The summed E-state index contributed by atoms with van der Waals surface area (Å²) in [6.07, 6.45) is 1.60. The molecule has 0 spiro atoms. The van der Waals surface area contributed by atoms with Gasteiger partial charge < -0.3 is 9.47 Å². The van der Waals surface area contributed by atoms with E-state index in [1.165, 1.54) is 17.7 Å². The van der Waals surface area contributed by atoms with Crippen LogP contribution < -0.4 is 15.0 Å². The van der Waals surface area contributed by atoms with Crippen molar-refractivity contribution in [2.75, 3.05) is 14.2 Å². The van der Waals surface area contributed by atoms with Gasteiger partial charge in [0.15, 0.2) is 11.5 Å². The zero-order valence-electron chi connectivity index (χ0n) is 11.4. The van der Waals surface area contributed by atoms with Crippen molar-refractivity contribution < 1.29 is 9.47 Å². The molecular formula is C13H14ClN3O3. The fourth-order valence-corrected chi connectivity index (χ4v) is 2.11. The molecule has 6 nitrogen and oxygen atoms in total. The standard InChI is InChI=1S/C13H14ClN3O3/c1-8-16-11(14)6-12(18)17(8)7-9-13(20-3)10(19-2)4-5-15-9/h4-6H,7H2,1-3H3. The van der Waals surface area contributed by atoms with E-state index in [1.54, 1.807) is 26.3 Å². The predicted octanol–water partition coefficient (Wildman–Crippen LogP) is 1.67. The molecule has 0 aliphatic rings. The number of pyridine rings is 1. The molecule has 0 atom stereocenters. The Morgan fingerprint density at radius 2 is 2.10 bits per heavy atom. The van der Waals surface area contributed by atoms with Crippen molar-refractivity contribution in [1.82, 2.24) is 14.5 Å². The second-order valence-corrected chi connectivity index (χ2v) is 4.43. The topological polar surface area (TPSA) is 66.2 Å². The minimum absolute atomic E-state index is 0.175. The number of aromatic nitrogens is 3. The van der Waals surface area contributed by atoms with Crippen LogP contribution in [0, 0.1) is 6.92 Å². The van der Waals surface area contributed by atoms with Crippen LogP contribution >= 0.6 is 11.6 Å². The molecule has 0 N–H and O–H groups in total. The molecular weight excluding hydrogens is 282 g/mol. The summed E-state index contributed by atoms with van der Waals surface area (Å²) >= 11 is 5.75. The molecule has 0 aliphatic carbocycles. The SMILES string of the molecule is COc1ccnc(Cn2c(C)nc(Cl)cc2=O)c1OC. The van der Waals surface area contributed by atoms with Crippen LogP contribution in [0.3, 0.4) is 0 Å². The molecule has 0 unspecified atom stereocenters. The van der Waals surface area contributed by atoms with Crippen LogP contribution in [0.1, 0.15) is 11.5 Å². The van der Waals surface area contributed by atoms with Gasteiger partial charge in [-0.2, -0.15) is 0 Å². The first-order valence-electron chi connectivity index (χ1n) is 5.86. The van der Waals surface area contributed by atoms with Gasteiger partial charge in [-0.25, -0.2) is 4.98 Å². The summed E-state index contributed by atoms with van der Waals surface area (Å²) in [6, 6.07) is 2.96. The van der Waals surface area contributed by atoms with Crippen molar-refractivity contribution in [2.45, 2.75) is 13.5 Å². The molecule has 2 rings (SSSR count). The van der Waals surface area contributed by atoms with Gasteiger partial charge in [0.1, 0.15) is 16.7 Å². The average molecular weight is 296 g/mol. The third-order valence-corrected chi connectivity index (χ3v) is 3.04. The summed E-state index contributed by atoms with van der Waals surface area (Å²) in [7, 11) is 3.07. The van der Waals surface area contributed by atoms with Crippen LogP contribution in [0.2, 0.25) is 5.15 Å². The molecule has 2 aromatic rings. The third-order valence-electron chi connectivity index (χ3n) is 2.84. The summed E-state index contributed by atoms with van der Waals surface area (Å²) in [5, 5.41) is 0.175. The molecule has 0 bridgehead atoms. The molecule has 0 aromatic carbocycles. The van der Waals surface area contributed by atoms with E-state index < -0.39 is 0 Å². The van der Waals surface area contributed by atoms with Gasteiger partial charge in [-0.15, -0.1) is 0 Å². The first kappa shape index (κ1) is 14.3. The largest absolute Gasteiger partial charge is 0.493 e. The van der Waals surface area contributed by atoms with Crippen molar-refractivity contribution in [3.8, 4) is 11.5 Å². The Kier molecular flexibility index (Phi) is 4.24. The lowest BCUT2D eigenvalue weighted by Crippen LogP contribution is -2.24. The smallest absolute Gasteiger partial charge is 0.255 e. The molecule has 0 saturated carbocycles. The van der Waals surface area contributed by atoms with E-state index in [0.29, 0.717) is 23.0 Å². The van der Waals surface area contributed by atoms with Gasteiger partial charge in [0, 0.05) is 18.3 Å². The molecule has 0 amide bonds. The number of methoxy groups -OCH3 is 2. The molecule has 20 heavy (non-hydrogen) atoms. The van der Waals surface area contributed by atoms with E-state index in [-0.39, 0.29) is 17.3 Å². The molecule has 0 radical (unpaired) electrons. The summed E-state index contributed by atoms with van der Waals surface area (Å²) in [6.45, 7) is 1.94. The Morgan fingerprint density at radius 1 is 1.35 bits per heavy atom. The van der Waals surface area contributed by atoms with Gasteiger partial charge in [0.25, 0.3) is 5.56 Å². The quantitative estimate of drug-likeness (QED) is 0.803. The van der Waals surface area contributed by atoms with E-state index in [0.717, 1.165) is 0 Å². The highest BCUT2D eigenvalue weighted by Crippen LogP contribution is 2.29. The van der Waals surface area contributed by atoms with Crippen LogP contribution in [0.25, 0.3) is 0 Å². The van der Waals surface area contributed by atoms with Gasteiger partial charge >= 0.3 is 0 Å². The normalized spacial score (nSPS) is 10.4. The van der Waals surface area contributed by atoms with E-state index in [9.17, 15) is 4.79 Å². The Bertz CT molecular complexity index is 685. The zero-order chi connectivity index (χ0) is 14.7. The molecule has 0 saturated heterocycles. The first-order chi connectivity index (χ1) is 9.56. The molecule has 2 aromatic heterocycles. The number of halogens is 1. The minimum atomic E-state index is -0.242. The summed E-state index contributed by atoms with van der Waals surface area (Å²) in [4.78, 5) is 20.2. The number of aryl methyl sites for hydroxylation is 1. The molecule has 0 aliphatic heterocycles. The van der Waals surface area contributed by atoms with E-state index in [4.69, 9.17) is 21.1 Å². The number of ether oxygens (including phenoxy) is 2. The summed E-state index contributed by atoms with van der Waals surface area (Å²) < 4.78 is 12.0. The van der Waals surface area contributed by atoms with Crippen LogP contribution in [0.5, 0.6) is 11.5 Å². The van der Waals surface area contributed by atoms with Crippen molar-refractivity contribution >= 4 is 11.6 Å². The maximum Gasteiger partial charge on any atom is 0.255 e. The highest BCUT2D eigenvalue weighted by Gasteiger charge is 2.13. The Morgan fingerprint density at radius 3 is 2.70 bits per heavy atom. The molecule has 106 valence electrons.